The summed E-state index contributed by atoms with van der Waals surface area (Å²) < 4.78 is 10.2. The van der Waals surface area contributed by atoms with Gasteiger partial charge in [0.15, 0.2) is 11.2 Å². The molecule has 1 fully saturated rings. The number of imidazole rings is 1. The molecule has 0 N–H and O–H groups in total. The molecule has 0 aromatic carbocycles. The second-order valence-electron chi connectivity index (χ2n) is 6.71. The largest absolute Gasteiger partial charge is 0.376 e. The average molecular weight is 320 g/mol. The second-order valence-corrected chi connectivity index (χ2v) is 6.71. The predicted molar refractivity (Wildman–Crippen MR) is 87.6 cm³/mol. The number of hydrogen-bond acceptors (Lipinski definition) is 4. The Labute approximate surface area is 134 Å². The SMILES string of the molecule is C[C@H]1CC(CCn2c(=O)c3c(ncn3C)n(C)c2=O)C[C@H](C)O1. The van der Waals surface area contributed by atoms with Crippen molar-refractivity contribution < 1.29 is 4.74 Å². The van der Waals surface area contributed by atoms with E-state index in [1.165, 1.54) is 9.13 Å². The van der Waals surface area contributed by atoms with E-state index in [0.29, 0.717) is 23.6 Å². The van der Waals surface area contributed by atoms with E-state index >= 15 is 0 Å². The summed E-state index contributed by atoms with van der Waals surface area (Å²) in [5, 5.41) is 0. The van der Waals surface area contributed by atoms with Crippen molar-refractivity contribution in [3.8, 4) is 0 Å². The predicted octanol–water partition coefficient (Wildman–Crippen LogP) is 1.03. The van der Waals surface area contributed by atoms with Gasteiger partial charge in [-0.05, 0) is 39.0 Å². The molecule has 2 atom stereocenters. The van der Waals surface area contributed by atoms with Crippen molar-refractivity contribution in [1.82, 2.24) is 18.7 Å². The summed E-state index contributed by atoms with van der Waals surface area (Å²) in [5.74, 6) is 0.479. The van der Waals surface area contributed by atoms with Gasteiger partial charge < -0.3 is 9.30 Å². The van der Waals surface area contributed by atoms with E-state index in [0.717, 1.165) is 19.3 Å². The van der Waals surface area contributed by atoms with Crippen molar-refractivity contribution in [3.05, 3.63) is 27.2 Å². The maximum atomic E-state index is 12.6. The zero-order valence-corrected chi connectivity index (χ0v) is 14.2. The van der Waals surface area contributed by atoms with Crippen LogP contribution < -0.4 is 11.2 Å². The van der Waals surface area contributed by atoms with Crippen LogP contribution in [-0.2, 0) is 25.4 Å². The highest BCUT2D eigenvalue weighted by Crippen LogP contribution is 2.27. The van der Waals surface area contributed by atoms with Gasteiger partial charge in [0.05, 0.1) is 18.5 Å². The van der Waals surface area contributed by atoms with Crippen LogP contribution >= 0.6 is 0 Å². The first-order valence-electron chi connectivity index (χ1n) is 8.14. The van der Waals surface area contributed by atoms with Gasteiger partial charge in [-0.25, -0.2) is 9.78 Å². The third-order valence-corrected chi connectivity index (χ3v) is 4.76. The molecule has 3 rings (SSSR count). The molecule has 0 radical (unpaired) electrons. The molecule has 0 unspecified atom stereocenters. The van der Waals surface area contributed by atoms with Gasteiger partial charge in [-0.2, -0.15) is 0 Å². The molecular formula is C16H24N4O3. The van der Waals surface area contributed by atoms with Gasteiger partial charge in [0.25, 0.3) is 5.56 Å². The standard InChI is InChI=1S/C16H24N4O3/c1-10-7-12(8-11(2)23-10)5-6-20-15(21)13-14(17-9-18(13)3)19(4)16(20)22/h9-12H,5-8H2,1-4H3/t10-,11-/m0/s1. The number of aromatic nitrogens is 4. The molecule has 126 valence electrons. The zero-order chi connectivity index (χ0) is 16.7. The molecule has 1 aliphatic heterocycles. The summed E-state index contributed by atoms with van der Waals surface area (Å²) in [6, 6.07) is 0. The van der Waals surface area contributed by atoms with Crippen LogP contribution in [0.4, 0.5) is 0 Å². The van der Waals surface area contributed by atoms with Gasteiger partial charge in [0.1, 0.15) is 0 Å². The molecule has 2 aromatic heterocycles. The number of nitrogens with zero attached hydrogens (tertiary/aromatic N) is 4. The Balaban J connectivity index is 1.90. The Kier molecular flexibility index (Phi) is 4.14. The van der Waals surface area contributed by atoms with Gasteiger partial charge in [0.2, 0.25) is 0 Å². The first-order valence-corrected chi connectivity index (χ1v) is 8.14. The van der Waals surface area contributed by atoms with E-state index in [9.17, 15) is 9.59 Å². The minimum absolute atomic E-state index is 0.239. The molecule has 0 aliphatic carbocycles. The van der Waals surface area contributed by atoms with E-state index in [1.54, 1.807) is 25.0 Å². The van der Waals surface area contributed by atoms with Crippen molar-refractivity contribution in [3.63, 3.8) is 0 Å². The number of ether oxygens (including phenoxy) is 1. The van der Waals surface area contributed by atoms with Crippen molar-refractivity contribution in [1.29, 1.82) is 0 Å². The molecule has 0 saturated carbocycles. The minimum atomic E-state index is -0.297. The lowest BCUT2D eigenvalue weighted by molar-refractivity contribution is -0.0540. The quantitative estimate of drug-likeness (QED) is 0.847. The van der Waals surface area contributed by atoms with Crippen LogP contribution in [0, 0.1) is 5.92 Å². The van der Waals surface area contributed by atoms with E-state index in [1.807, 2.05) is 0 Å². The molecule has 2 aromatic rings. The van der Waals surface area contributed by atoms with Crippen molar-refractivity contribution in [2.75, 3.05) is 0 Å². The van der Waals surface area contributed by atoms with Crippen molar-refractivity contribution >= 4 is 11.2 Å². The third-order valence-electron chi connectivity index (χ3n) is 4.76. The van der Waals surface area contributed by atoms with Crippen LogP contribution in [0.5, 0.6) is 0 Å². The second kappa shape index (κ2) is 5.96. The molecule has 1 saturated heterocycles. The first-order chi connectivity index (χ1) is 10.9. The van der Waals surface area contributed by atoms with Crippen LogP contribution in [0.15, 0.2) is 15.9 Å². The summed E-state index contributed by atoms with van der Waals surface area (Å²) in [4.78, 5) is 29.3. The van der Waals surface area contributed by atoms with E-state index in [2.05, 4.69) is 18.8 Å². The van der Waals surface area contributed by atoms with Crippen molar-refractivity contribution in [2.45, 2.75) is 51.9 Å². The van der Waals surface area contributed by atoms with Crippen LogP contribution in [0.2, 0.25) is 0 Å². The zero-order valence-electron chi connectivity index (χ0n) is 14.2. The van der Waals surface area contributed by atoms with E-state index in [4.69, 9.17) is 4.74 Å². The summed E-state index contributed by atoms with van der Waals surface area (Å²) in [7, 11) is 3.43. The lowest BCUT2D eigenvalue weighted by atomic mass is 9.90. The van der Waals surface area contributed by atoms with Gasteiger partial charge in [0, 0.05) is 20.6 Å². The molecule has 23 heavy (non-hydrogen) atoms. The Hall–Kier alpha value is -1.89. The summed E-state index contributed by atoms with van der Waals surface area (Å²) in [5.41, 5.74) is 0.360. The molecule has 3 heterocycles. The lowest BCUT2D eigenvalue weighted by Gasteiger charge is -2.32. The minimum Gasteiger partial charge on any atom is -0.376 e. The maximum Gasteiger partial charge on any atom is 0.332 e. The van der Waals surface area contributed by atoms with Crippen LogP contribution in [-0.4, -0.2) is 30.9 Å². The maximum absolute atomic E-state index is 12.6. The molecule has 0 bridgehead atoms. The van der Waals surface area contributed by atoms with Crippen molar-refractivity contribution in [2.24, 2.45) is 20.0 Å². The topological polar surface area (TPSA) is 71.0 Å². The summed E-state index contributed by atoms with van der Waals surface area (Å²) in [6.45, 7) is 4.60. The molecule has 7 nitrogen and oxygen atoms in total. The smallest absolute Gasteiger partial charge is 0.332 e. The lowest BCUT2D eigenvalue weighted by Crippen LogP contribution is -2.40. The normalized spacial score (nSPS) is 25.1. The fourth-order valence-electron chi connectivity index (χ4n) is 3.68. The van der Waals surface area contributed by atoms with Crippen LogP contribution in [0.3, 0.4) is 0 Å². The Morgan fingerprint density at radius 2 is 1.87 bits per heavy atom. The number of rotatable bonds is 3. The monoisotopic (exact) mass is 320 g/mol. The Morgan fingerprint density at radius 3 is 2.52 bits per heavy atom. The van der Waals surface area contributed by atoms with E-state index in [-0.39, 0.29) is 23.5 Å². The summed E-state index contributed by atoms with van der Waals surface area (Å²) in [6.07, 6.45) is 4.82. The Morgan fingerprint density at radius 1 is 1.22 bits per heavy atom. The summed E-state index contributed by atoms with van der Waals surface area (Å²) >= 11 is 0. The fraction of sp³-hybridized carbons (Fsp3) is 0.688. The molecular weight excluding hydrogens is 296 g/mol. The van der Waals surface area contributed by atoms with Gasteiger partial charge >= 0.3 is 5.69 Å². The highest BCUT2D eigenvalue weighted by atomic mass is 16.5. The van der Waals surface area contributed by atoms with E-state index < -0.39 is 0 Å². The van der Waals surface area contributed by atoms with Gasteiger partial charge in [-0.15, -0.1) is 0 Å². The van der Waals surface area contributed by atoms with Gasteiger partial charge in [-0.3, -0.25) is 13.9 Å². The number of fused-ring (bicyclic) bond motifs is 1. The first kappa shape index (κ1) is 16.0. The fourth-order valence-corrected chi connectivity index (χ4v) is 3.68. The molecule has 0 spiro atoms. The Bertz CT molecular complexity index is 822. The average Bonchev–Trinajstić information content (AvgIpc) is 2.86. The van der Waals surface area contributed by atoms with Crippen LogP contribution in [0.25, 0.3) is 11.2 Å². The van der Waals surface area contributed by atoms with Crippen LogP contribution in [0.1, 0.15) is 33.1 Å². The number of aryl methyl sites for hydroxylation is 2. The highest BCUT2D eigenvalue weighted by molar-refractivity contribution is 5.69. The molecule has 1 aliphatic rings. The number of hydrogen-bond donors (Lipinski definition) is 0. The molecule has 0 amide bonds. The highest BCUT2D eigenvalue weighted by Gasteiger charge is 2.25. The molecule has 7 heteroatoms. The third kappa shape index (κ3) is 2.85. The van der Waals surface area contributed by atoms with Gasteiger partial charge in [-0.1, -0.05) is 0 Å².